The minimum atomic E-state index is -0.326. The summed E-state index contributed by atoms with van der Waals surface area (Å²) in [5, 5.41) is 16.7. The monoisotopic (exact) mass is 395 g/mol. The number of rotatable bonds is 9. The van der Waals surface area contributed by atoms with Gasteiger partial charge in [-0.15, -0.1) is 0 Å². The molecule has 1 atom stereocenters. The van der Waals surface area contributed by atoms with Crippen LogP contribution in [0.2, 0.25) is 0 Å². The van der Waals surface area contributed by atoms with Crippen molar-refractivity contribution in [1.82, 2.24) is 35.6 Å². The second-order valence-electron chi connectivity index (χ2n) is 6.92. The van der Waals surface area contributed by atoms with E-state index in [0.717, 1.165) is 29.8 Å². The molecule has 1 aromatic carbocycles. The maximum atomic E-state index is 12.4. The highest BCUT2D eigenvalue weighted by molar-refractivity contribution is 5.95. The van der Waals surface area contributed by atoms with Gasteiger partial charge in [0.1, 0.15) is 12.7 Å². The number of aromatic nitrogens is 5. The highest BCUT2D eigenvalue weighted by atomic mass is 16.2. The third kappa shape index (κ3) is 5.50. The van der Waals surface area contributed by atoms with Gasteiger partial charge in [0.25, 0.3) is 5.91 Å². The third-order valence-corrected chi connectivity index (χ3v) is 4.66. The number of nitrogens with one attached hydrogen (secondary N) is 3. The normalized spacial score (nSPS) is 11.8. The molecule has 3 rings (SSSR count). The Bertz CT molecular complexity index is 949. The summed E-state index contributed by atoms with van der Waals surface area (Å²) >= 11 is 0. The zero-order valence-electron chi connectivity index (χ0n) is 16.6. The lowest BCUT2D eigenvalue weighted by Crippen LogP contribution is -2.37. The molecule has 0 spiro atoms. The molecule has 0 unspecified atom stereocenters. The Morgan fingerprint density at radius 2 is 2.14 bits per heavy atom. The lowest BCUT2D eigenvalue weighted by molar-refractivity contribution is -0.124. The molecule has 0 aliphatic rings. The van der Waals surface area contributed by atoms with Gasteiger partial charge < -0.3 is 10.6 Å². The zero-order valence-corrected chi connectivity index (χ0v) is 16.6. The van der Waals surface area contributed by atoms with Gasteiger partial charge >= 0.3 is 0 Å². The Balaban J connectivity index is 1.42. The molecule has 29 heavy (non-hydrogen) atoms. The van der Waals surface area contributed by atoms with E-state index < -0.39 is 0 Å². The van der Waals surface area contributed by atoms with Crippen LogP contribution in [0, 0.1) is 12.8 Å². The molecule has 0 saturated carbocycles. The smallest absolute Gasteiger partial charge is 0.251 e. The Hall–Kier alpha value is -3.49. The molecule has 0 aliphatic heterocycles. The molecule has 0 bridgehead atoms. The van der Waals surface area contributed by atoms with E-state index in [0.29, 0.717) is 12.1 Å². The van der Waals surface area contributed by atoms with Crippen LogP contribution in [0.1, 0.15) is 35.0 Å². The van der Waals surface area contributed by atoms with Crippen molar-refractivity contribution in [3.05, 3.63) is 59.9 Å². The number of hydrogen-bond acceptors (Lipinski definition) is 5. The summed E-state index contributed by atoms with van der Waals surface area (Å²) in [6.45, 7) is 4.62. The standard InChI is InChI=1S/C20H25N7O2/c1-14(19(28)22-8-4-6-17-11-24-26-15(17)2)10-23-20(29)16-5-3-7-18(9-16)27-13-21-12-25-27/h3,5,7,9,11-14H,4,6,8,10H2,1-2H3,(H,22,28)(H,23,29)(H,24,26)/t14-/m1/s1. The first-order valence-electron chi connectivity index (χ1n) is 9.54. The van der Waals surface area contributed by atoms with Crippen LogP contribution in [0.25, 0.3) is 5.69 Å². The number of aryl methyl sites for hydroxylation is 2. The van der Waals surface area contributed by atoms with Crippen LogP contribution in [0.15, 0.2) is 43.1 Å². The predicted octanol–water partition coefficient (Wildman–Crippen LogP) is 1.41. The van der Waals surface area contributed by atoms with Gasteiger partial charge in [-0.05, 0) is 43.5 Å². The van der Waals surface area contributed by atoms with Gasteiger partial charge in [0.05, 0.1) is 17.8 Å². The Kier molecular flexibility index (Phi) is 6.72. The van der Waals surface area contributed by atoms with E-state index in [-0.39, 0.29) is 24.3 Å². The van der Waals surface area contributed by atoms with E-state index in [1.54, 1.807) is 36.1 Å². The number of carbonyl (C=O) groups excluding carboxylic acids is 2. The zero-order chi connectivity index (χ0) is 20.6. The van der Waals surface area contributed by atoms with Crippen LogP contribution in [0.3, 0.4) is 0 Å². The van der Waals surface area contributed by atoms with Crippen molar-refractivity contribution in [2.75, 3.05) is 13.1 Å². The number of nitrogens with zero attached hydrogens (tertiary/aromatic N) is 4. The number of carbonyl (C=O) groups is 2. The first-order valence-corrected chi connectivity index (χ1v) is 9.54. The minimum Gasteiger partial charge on any atom is -0.356 e. The quantitative estimate of drug-likeness (QED) is 0.474. The molecule has 9 nitrogen and oxygen atoms in total. The van der Waals surface area contributed by atoms with E-state index in [1.165, 1.54) is 6.33 Å². The highest BCUT2D eigenvalue weighted by Crippen LogP contribution is 2.09. The Morgan fingerprint density at radius 1 is 1.28 bits per heavy atom. The number of hydrogen-bond donors (Lipinski definition) is 3. The maximum Gasteiger partial charge on any atom is 0.251 e. The van der Waals surface area contributed by atoms with Crippen LogP contribution < -0.4 is 10.6 Å². The number of aromatic amines is 1. The molecule has 2 aromatic heterocycles. The van der Waals surface area contributed by atoms with Crippen LogP contribution in [0.4, 0.5) is 0 Å². The van der Waals surface area contributed by atoms with Crippen molar-refractivity contribution < 1.29 is 9.59 Å². The summed E-state index contributed by atoms with van der Waals surface area (Å²) in [5.74, 6) is -0.638. The molecule has 0 saturated heterocycles. The molecular weight excluding hydrogens is 370 g/mol. The fourth-order valence-electron chi connectivity index (χ4n) is 2.86. The first-order chi connectivity index (χ1) is 14.0. The fraction of sp³-hybridized carbons (Fsp3) is 0.350. The lowest BCUT2D eigenvalue weighted by Gasteiger charge is -2.13. The Labute approximate surface area is 168 Å². The average Bonchev–Trinajstić information content (AvgIpc) is 3.41. The fourth-order valence-corrected chi connectivity index (χ4v) is 2.86. The van der Waals surface area contributed by atoms with Gasteiger partial charge in [-0.3, -0.25) is 14.7 Å². The van der Waals surface area contributed by atoms with Gasteiger partial charge in [-0.25, -0.2) is 9.67 Å². The van der Waals surface area contributed by atoms with E-state index in [9.17, 15) is 9.59 Å². The van der Waals surface area contributed by atoms with Crippen LogP contribution >= 0.6 is 0 Å². The van der Waals surface area contributed by atoms with Crippen molar-refractivity contribution in [2.24, 2.45) is 5.92 Å². The Morgan fingerprint density at radius 3 is 2.86 bits per heavy atom. The molecule has 0 aliphatic carbocycles. The van der Waals surface area contributed by atoms with E-state index in [2.05, 4.69) is 30.9 Å². The van der Waals surface area contributed by atoms with Crippen molar-refractivity contribution in [2.45, 2.75) is 26.7 Å². The minimum absolute atomic E-state index is 0.0782. The number of benzene rings is 1. The van der Waals surface area contributed by atoms with E-state index in [4.69, 9.17) is 0 Å². The first kappa shape index (κ1) is 20.2. The van der Waals surface area contributed by atoms with Crippen LogP contribution in [0.5, 0.6) is 0 Å². The number of H-pyrrole nitrogens is 1. The van der Waals surface area contributed by atoms with Gasteiger partial charge in [-0.2, -0.15) is 10.2 Å². The van der Waals surface area contributed by atoms with Crippen LogP contribution in [-0.2, 0) is 11.2 Å². The summed E-state index contributed by atoms with van der Waals surface area (Å²) in [5.41, 5.74) is 3.46. The van der Waals surface area contributed by atoms with Crippen molar-refractivity contribution >= 4 is 11.8 Å². The molecule has 0 fully saturated rings. The lowest BCUT2D eigenvalue weighted by atomic mass is 10.1. The SMILES string of the molecule is Cc1[nH]ncc1CCCNC(=O)[C@H](C)CNC(=O)c1cccc(-n2cncn2)c1. The molecule has 3 N–H and O–H groups in total. The molecule has 0 radical (unpaired) electrons. The maximum absolute atomic E-state index is 12.4. The van der Waals surface area contributed by atoms with E-state index in [1.807, 2.05) is 19.2 Å². The molecule has 9 heteroatoms. The molecule has 2 heterocycles. The predicted molar refractivity (Wildman–Crippen MR) is 108 cm³/mol. The van der Waals surface area contributed by atoms with Gasteiger partial charge in [-0.1, -0.05) is 13.0 Å². The van der Waals surface area contributed by atoms with Gasteiger partial charge in [0.2, 0.25) is 5.91 Å². The highest BCUT2D eigenvalue weighted by Gasteiger charge is 2.15. The molecule has 3 aromatic rings. The second-order valence-corrected chi connectivity index (χ2v) is 6.92. The third-order valence-electron chi connectivity index (χ3n) is 4.66. The van der Waals surface area contributed by atoms with E-state index >= 15 is 0 Å². The summed E-state index contributed by atoms with van der Waals surface area (Å²) in [6, 6.07) is 7.07. The molecule has 2 amide bonds. The van der Waals surface area contributed by atoms with Crippen LogP contribution in [-0.4, -0.2) is 49.9 Å². The molecule has 152 valence electrons. The second kappa shape index (κ2) is 9.63. The summed E-state index contributed by atoms with van der Waals surface area (Å²) < 4.78 is 1.58. The summed E-state index contributed by atoms with van der Waals surface area (Å²) in [4.78, 5) is 28.6. The largest absolute Gasteiger partial charge is 0.356 e. The van der Waals surface area contributed by atoms with Crippen molar-refractivity contribution in [3.8, 4) is 5.69 Å². The molecular formula is C20H25N7O2. The van der Waals surface area contributed by atoms with Crippen molar-refractivity contribution in [3.63, 3.8) is 0 Å². The van der Waals surface area contributed by atoms with Crippen molar-refractivity contribution in [1.29, 1.82) is 0 Å². The number of amides is 2. The summed E-state index contributed by atoms with van der Waals surface area (Å²) in [7, 11) is 0. The van der Waals surface area contributed by atoms with Gasteiger partial charge in [0, 0.05) is 24.3 Å². The van der Waals surface area contributed by atoms with Gasteiger partial charge in [0.15, 0.2) is 0 Å². The topological polar surface area (TPSA) is 118 Å². The average molecular weight is 395 g/mol. The summed E-state index contributed by atoms with van der Waals surface area (Å²) in [6.07, 6.45) is 6.50.